The molecule has 1 aromatic carbocycles. The Labute approximate surface area is 107 Å². The van der Waals surface area contributed by atoms with Gasteiger partial charge in [0.25, 0.3) is 0 Å². The smallest absolute Gasteiger partial charge is 0.214 e. The average Bonchev–Trinajstić information content (AvgIpc) is 2.77. The minimum Gasteiger partial charge on any atom is -0.287 e. The van der Waals surface area contributed by atoms with Crippen LogP contribution in [0, 0.1) is 24.4 Å². The lowest BCUT2D eigenvalue weighted by Crippen LogP contribution is -2.13. The highest BCUT2D eigenvalue weighted by atomic mass is 19.2. The molecule has 0 saturated heterocycles. The third kappa shape index (κ3) is 2.25. The Kier molecular flexibility index (Phi) is 3.42. The van der Waals surface area contributed by atoms with Crippen LogP contribution in [0.15, 0.2) is 18.2 Å². The number of carbonyl (C=O) groups is 1. The number of carbonyl (C=O) groups excluding carboxylic acids is 1. The Balaban J connectivity index is 2.53. The molecule has 0 fully saturated rings. The summed E-state index contributed by atoms with van der Waals surface area (Å²) in [5.74, 6) is -5.18. The van der Waals surface area contributed by atoms with Crippen LogP contribution in [0.3, 0.4) is 0 Å². The number of rotatable bonds is 3. The van der Waals surface area contributed by atoms with E-state index in [1.54, 1.807) is 13.8 Å². The number of halogens is 3. The molecule has 0 amide bonds. The molecule has 0 saturated carbocycles. The standard InChI is InChI=1S/C13H11F3N2O/c1-3-18-10(6-7(2)17-18)13(19)8-4-5-9(14)12(16)11(8)15/h4-6H,3H2,1-2H3. The number of benzene rings is 1. The number of ketones is 1. The van der Waals surface area contributed by atoms with E-state index in [4.69, 9.17) is 0 Å². The van der Waals surface area contributed by atoms with Crippen LogP contribution in [0.1, 0.15) is 28.7 Å². The zero-order valence-electron chi connectivity index (χ0n) is 10.4. The van der Waals surface area contributed by atoms with Crippen molar-refractivity contribution in [2.75, 3.05) is 0 Å². The van der Waals surface area contributed by atoms with Crippen molar-refractivity contribution in [2.24, 2.45) is 0 Å². The first-order valence-corrected chi connectivity index (χ1v) is 5.68. The van der Waals surface area contributed by atoms with Gasteiger partial charge < -0.3 is 0 Å². The molecule has 0 bridgehead atoms. The first kappa shape index (κ1) is 13.3. The van der Waals surface area contributed by atoms with Gasteiger partial charge in [0.05, 0.1) is 11.3 Å². The second-order valence-electron chi connectivity index (χ2n) is 4.04. The SMILES string of the molecule is CCn1nc(C)cc1C(=O)c1ccc(F)c(F)c1F. The molecule has 2 aromatic rings. The summed E-state index contributed by atoms with van der Waals surface area (Å²) < 4.78 is 40.9. The molecule has 1 heterocycles. The fourth-order valence-corrected chi connectivity index (χ4v) is 1.81. The van der Waals surface area contributed by atoms with Crippen molar-refractivity contribution in [1.82, 2.24) is 9.78 Å². The number of hydrogen-bond donors (Lipinski definition) is 0. The van der Waals surface area contributed by atoms with Gasteiger partial charge in [0.2, 0.25) is 5.78 Å². The summed E-state index contributed by atoms with van der Waals surface area (Å²) in [5.41, 5.74) is 0.228. The fraction of sp³-hybridized carbons (Fsp3) is 0.231. The van der Waals surface area contributed by atoms with E-state index in [1.807, 2.05) is 0 Å². The quantitative estimate of drug-likeness (QED) is 0.633. The second-order valence-corrected chi connectivity index (χ2v) is 4.04. The van der Waals surface area contributed by atoms with Crippen LogP contribution < -0.4 is 0 Å². The van der Waals surface area contributed by atoms with E-state index < -0.39 is 28.8 Å². The maximum atomic E-state index is 13.6. The molecule has 0 unspecified atom stereocenters. The van der Waals surface area contributed by atoms with Crippen LogP contribution in [0.5, 0.6) is 0 Å². The van der Waals surface area contributed by atoms with Gasteiger partial charge in [-0.25, -0.2) is 13.2 Å². The van der Waals surface area contributed by atoms with Crippen LogP contribution in [0.4, 0.5) is 13.2 Å². The van der Waals surface area contributed by atoms with Crippen molar-refractivity contribution in [3.63, 3.8) is 0 Å². The molecule has 0 aliphatic rings. The lowest BCUT2D eigenvalue weighted by atomic mass is 10.1. The Bertz CT molecular complexity index is 650. The van der Waals surface area contributed by atoms with Crippen molar-refractivity contribution in [1.29, 1.82) is 0 Å². The summed E-state index contributed by atoms with van der Waals surface area (Å²) in [6.45, 7) is 3.87. The number of nitrogens with zero attached hydrogens (tertiary/aromatic N) is 2. The third-order valence-corrected chi connectivity index (χ3v) is 2.71. The van der Waals surface area contributed by atoms with Crippen LogP contribution >= 0.6 is 0 Å². The molecule has 2 rings (SSSR count). The summed E-state index contributed by atoms with van der Waals surface area (Å²) in [7, 11) is 0. The van der Waals surface area contributed by atoms with Gasteiger partial charge in [0, 0.05) is 6.54 Å². The average molecular weight is 268 g/mol. The largest absolute Gasteiger partial charge is 0.287 e. The molecule has 0 atom stereocenters. The summed E-state index contributed by atoms with van der Waals surface area (Å²) >= 11 is 0. The van der Waals surface area contributed by atoms with E-state index >= 15 is 0 Å². The molecule has 0 N–H and O–H groups in total. The molecule has 100 valence electrons. The zero-order valence-corrected chi connectivity index (χ0v) is 10.4. The van der Waals surface area contributed by atoms with Crippen molar-refractivity contribution < 1.29 is 18.0 Å². The number of aryl methyl sites for hydroxylation is 2. The van der Waals surface area contributed by atoms with Gasteiger partial charge >= 0.3 is 0 Å². The molecule has 3 nitrogen and oxygen atoms in total. The zero-order chi connectivity index (χ0) is 14.2. The molecule has 19 heavy (non-hydrogen) atoms. The van der Waals surface area contributed by atoms with Crippen molar-refractivity contribution in [2.45, 2.75) is 20.4 Å². The van der Waals surface area contributed by atoms with E-state index in [2.05, 4.69) is 5.10 Å². The molecule has 6 heteroatoms. The Hall–Kier alpha value is -2.11. The van der Waals surface area contributed by atoms with Gasteiger partial charge in [0.1, 0.15) is 5.69 Å². The molecular formula is C13H11F3N2O. The number of hydrogen-bond acceptors (Lipinski definition) is 2. The highest BCUT2D eigenvalue weighted by molar-refractivity contribution is 6.08. The first-order chi connectivity index (χ1) is 8.95. The van der Waals surface area contributed by atoms with Gasteiger partial charge in [-0.2, -0.15) is 5.10 Å². The fourth-order valence-electron chi connectivity index (χ4n) is 1.81. The lowest BCUT2D eigenvalue weighted by Gasteiger charge is -2.05. The van der Waals surface area contributed by atoms with E-state index in [0.717, 1.165) is 12.1 Å². The van der Waals surface area contributed by atoms with Crippen LogP contribution in [-0.2, 0) is 6.54 Å². The lowest BCUT2D eigenvalue weighted by molar-refractivity contribution is 0.102. The Morgan fingerprint density at radius 2 is 1.95 bits per heavy atom. The van der Waals surface area contributed by atoms with Gasteiger partial charge in [-0.05, 0) is 32.0 Å². The Morgan fingerprint density at radius 1 is 1.26 bits per heavy atom. The summed E-state index contributed by atoms with van der Waals surface area (Å²) in [6.07, 6.45) is 0. The van der Waals surface area contributed by atoms with Crippen LogP contribution in [0.25, 0.3) is 0 Å². The van der Waals surface area contributed by atoms with Crippen LogP contribution in [0.2, 0.25) is 0 Å². The summed E-state index contributed by atoms with van der Waals surface area (Å²) in [5, 5.41) is 4.05. The predicted octanol–water partition coefficient (Wildman–Crippen LogP) is 2.86. The van der Waals surface area contributed by atoms with E-state index in [0.29, 0.717) is 12.2 Å². The highest BCUT2D eigenvalue weighted by Crippen LogP contribution is 2.19. The van der Waals surface area contributed by atoms with Crippen molar-refractivity contribution in [3.8, 4) is 0 Å². The molecule has 1 aromatic heterocycles. The maximum Gasteiger partial charge on any atom is 0.214 e. The summed E-state index contributed by atoms with van der Waals surface area (Å²) in [6, 6.07) is 3.14. The third-order valence-electron chi connectivity index (χ3n) is 2.71. The first-order valence-electron chi connectivity index (χ1n) is 5.68. The van der Waals surface area contributed by atoms with E-state index in [9.17, 15) is 18.0 Å². The number of aromatic nitrogens is 2. The maximum absolute atomic E-state index is 13.6. The van der Waals surface area contributed by atoms with Crippen LogP contribution in [-0.4, -0.2) is 15.6 Å². The molecule has 0 aliphatic carbocycles. The van der Waals surface area contributed by atoms with Gasteiger partial charge in [0.15, 0.2) is 17.5 Å². The van der Waals surface area contributed by atoms with E-state index in [-0.39, 0.29) is 5.69 Å². The minimum atomic E-state index is -1.65. The normalized spacial score (nSPS) is 10.8. The van der Waals surface area contributed by atoms with Gasteiger partial charge in [-0.1, -0.05) is 0 Å². The predicted molar refractivity (Wildman–Crippen MR) is 62.4 cm³/mol. The van der Waals surface area contributed by atoms with Crippen molar-refractivity contribution in [3.05, 3.63) is 52.6 Å². The highest BCUT2D eigenvalue weighted by Gasteiger charge is 2.22. The topological polar surface area (TPSA) is 34.9 Å². The second kappa shape index (κ2) is 4.87. The molecule has 0 radical (unpaired) electrons. The molecule has 0 spiro atoms. The monoisotopic (exact) mass is 268 g/mol. The minimum absolute atomic E-state index is 0.143. The van der Waals surface area contributed by atoms with Gasteiger partial charge in [-0.3, -0.25) is 9.48 Å². The Morgan fingerprint density at radius 3 is 2.58 bits per heavy atom. The van der Waals surface area contributed by atoms with Crippen molar-refractivity contribution >= 4 is 5.78 Å². The molecular weight excluding hydrogens is 257 g/mol. The summed E-state index contributed by atoms with van der Waals surface area (Å²) in [4.78, 5) is 12.1. The van der Waals surface area contributed by atoms with Gasteiger partial charge in [-0.15, -0.1) is 0 Å². The van der Waals surface area contributed by atoms with E-state index in [1.165, 1.54) is 10.7 Å². The molecule has 0 aliphatic heterocycles.